The van der Waals surface area contributed by atoms with E-state index >= 15 is 0 Å². The van der Waals surface area contributed by atoms with Gasteiger partial charge in [-0.15, -0.1) is 0 Å². The highest BCUT2D eigenvalue weighted by Gasteiger charge is 2.24. The fourth-order valence-electron chi connectivity index (χ4n) is 1.81. The lowest BCUT2D eigenvalue weighted by Gasteiger charge is -2.17. The second-order valence-corrected chi connectivity index (χ2v) is 4.87. The number of rotatable bonds is 8. The molecule has 0 N–H and O–H groups in total. The van der Waals surface area contributed by atoms with Crippen LogP contribution in [0.15, 0.2) is 12.2 Å². The van der Waals surface area contributed by atoms with Crippen molar-refractivity contribution in [2.75, 3.05) is 26.4 Å². The quantitative estimate of drug-likeness (QED) is 0.364. The third kappa shape index (κ3) is 3.92. The van der Waals surface area contributed by atoms with Crippen LogP contribution in [0.3, 0.4) is 0 Å². The van der Waals surface area contributed by atoms with Gasteiger partial charge in [-0.3, -0.25) is 14.5 Å². The van der Waals surface area contributed by atoms with Gasteiger partial charge in [0.05, 0.1) is 13.2 Å². The fraction of sp³-hybridized carbons (Fsp3) is 0.692. The number of hydrogen-bond acceptors (Lipinski definition) is 4. The predicted octanol–water partition coefficient (Wildman–Crippen LogP) is 0.743. The summed E-state index contributed by atoms with van der Waals surface area (Å²) < 4.78 is 10.5. The Kier molecular flexibility index (Phi) is 4.49. The average Bonchev–Trinajstić information content (AvgIpc) is 3.11. The van der Waals surface area contributed by atoms with Crippen LogP contribution in [-0.4, -0.2) is 49.2 Å². The van der Waals surface area contributed by atoms with Crippen molar-refractivity contribution in [1.82, 2.24) is 4.90 Å². The van der Waals surface area contributed by atoms with Crippen molar-refractivity contribution in [3.8, 4) is 0 Å². The van der Waals surface area contributed by atoms with Crippen molar-refractivity contribution < 1.29 is 19.1 Å². The number of hydrogen-bond donors (Lipinski definition) is 0. The van der Waals surface area contributed by atoms with Crippen LogP contribution in [0.25, 0.3) is 0 Å². The molecule has 1 fully saturated rings. The van der Waals surface area contributed by atoms with Crippen molar-refractivity contribution in [1.29, 1.82) is 0 Å². The van der Waals surface area contributed by atoms with E-state index in [0.717, 1.165) is 19.4 Å². The first-order valence-corrected chi connectivity index (χ1v) is 6.39. The van der Waals surface area contributed by atoms with Crippen LogP contribution < -0.4 is 0 Å². The molecule has 0 saturated carbocycles. The zero-order valence-electron chi connectivity index (χ0n) is 10.6. The molecule has 2 heterocycles. The van der Waals surface area contributed by atoms with Crippen molar-refractivity contribution in [2.45, 2.75) is 25.9 Å². The summed E-state index contributed by atoms with van der Waals surface area (Å²) in [6, 6.07) is 0. The molecular formula is C13H19NO4. The van der Waals surface area contributed by atoms with Gasteiger partial charge in [-0.2, -0.15) is 0 Å². The van der Waals surface area contributed by atoms with Gasteiger partial charge in [-0.1, -0.05) is 6.92 Å². The van der Waals surface area contributed by atoms with Gasteiger partial charge in [0.1, 0.15) is 6.10 Å². The van der Waals surface area contributed by atoms with Gasteiger partial charge in [0.15, 0.2) is 0 Å². The number of carbonyl (C=O) groups is 2. The first-order valence-electron chi connectivity index (χ1n) is 6.39. The predicted molar refractivity (Wildman–Crippen MR) is 64.8 cm³/mol. The van der Waals surface area contributed by atoms with Crippen molar-refractivity contribution >= 4 is 11.8 Å². The molecule has 0 aromatic carbocycles. The monoisotopic (exact) mass is 253 g/mol. The summed E-state index contributed by atoms with van der Waals surface area (Å²) >= 11 is 0. The lowest BCUT2D eigenvalue weighted by molar-refractivity contribution is -0.136. The Labute approximate surface area is 107 Å². The lowest BCUT2D eigenvalue weighted by atomic mass is 10.0. The molecule has 2 rings (SSSR count). The van der Waals surface area contributed by atoms with E-state index in [1.807, 2.05) is 0 Å². The molecule has 2 aliphatic rings. The van der Waals surface area contributed by atoms with Crippen molar-refractivity contribution in [3.63, 3.8) is 0 Å². The van der Waals surface area contributed by atoms with Gasteiger partial charge in [-0.25, -0.2) is 0 Å². The second-order valence-electron chi connectivity index (χ2n) is 4.87. The average molecular weight is 253 g/mol. The molecule has 0 aromatic heterocycles. The zero-order chi connectivity index (χ0) is 13.0. The maximum Gasteiger partial charge on any atom is 0.253 e. The van der Waals surface area contributed by atoms with Crippen LogP contribution in [0.4, 0.5) is 0 Å². The Balaban J connectivity index is 1.54. The molecule has 18 heavy (non-hydrogen) atoms. The minimum Gasteiger partial charge on any atom is -0.379 e. The van der Waals surface area contributed by atoms with Crippen LogP contribution in [-0.2, 0) is 19.1 Å². The van der Waals surface area contributed by atoms with E-state index in [-0.39, 0.29) is 11.8 Å². The Morgan fingerprint density at radius 1 is 1.39 bits per heavy atom. The van der Waals surface area contributed by atoms with E-state index in [0.29, 0.717) is 31.8 Å². The third-order valence-corrected chi connectivity index (χ3v) is 3.21. The minimum absolute atomic E-state index is 0.200. The Bertz CT molecular complexity index is 331. The summed E-state index contributed by atoms with van der Waals surface area (Å²) in [6.07, 6.45) is 4.72. The molecule has 0 spiro atoms. The van der Waals surface area contributed by atoms with Crippen molar-refractivity contribution in [3.05, 3.63) is 12.2 Å². The number of amides is 2. The van der Waals surface area contributed by atoms with Gasteiger partial charge in [0.25, 0.3) is 11.8 Å². The highest BCUT2D eigenvalue weighted by atomic mass is 16.6. The summed E-state index contributed by atoms with van der Waals surface area (Å²) in [5, 5.41) is 0. The van der Waals surface area contributed by atoms with Gasteiger partial charge in [0.2, 0.25) is 0 Å². The maximum atomic E-state index is 11.3. The van der Waals surface area contributed by atoms with Gasteiger partial charge < -0.3 is 9.47 Å². The van der Waals surface area contributed by atoms with E-state index in [9.17, 15) is 9.59 Å². The van der Waals surface area contributed by atoms with E-state index in [2.05, 4.69) is 6.92 Å². The van der Waals surface area contributed by atoms with Crippen LogP contribution in [0.1, 0.15) is 19.8 Å². The number of nitrogens with zero attached hydrogens (tertiary/aromatic N) is 1. The third-order valence-electron chi connectivity index (χ3n) is 3.21. The Hall–Kier alpha value is -1.20. The molecule has 100 valence electrons. The molecule has 2 amide bonds. The summed E-state index contributed by atoms with van der Waals surface area (Å²) in [5.74, 6) is 0.0370. The highest BCUT2D eigenvalue weighted by molar-refractivity contribution is 6.12. The highest BCUT2D eigenvalue weighted by Crippen LogP contribution is 2.13. The van der Waals surface area contributed by atoms with Crippen molar-refractivity contribution in [2.24, 2.45) is 5.92 Å². The van der Waals surface area contributed by atoms with Crippen LogP contribution in [0, 0.1) is 5.92 Å². The molecule has 0 aliphatic carbocycles. The van der Waals surface area contributed by atoms with Gasteiger partial charge in [0, 0.05) is 25.3 Å². The molecule has 1 saturated heterocycles. The Morgan fingerprint density at radius 2 is 2.06 bits per heavy atom. The van der Waals surface area contributed by atoms with E-state index in [1.165, 1.54) is 17.1 Å². The number of ether oxygens (including phenoxy) is 2. The maximum absolute atomic E-state index is 11.3. The molecule has 0 bridgehead atoms. The topological polar surface area (TPSA) is 59.1 Å². The SMILES string of the molecule is CC(CCOCC1CO1)CCN1C(=O)C=CC1=O. The molecule has 5 heteroatoms. The molecule has 0 radical (unpaired) electrons. The second kappa shape index (κ2) is 6.11. The zero-order valence-corrected chi connectivity index (χ0v) is 10.6. The molecule has 2 unspecified atom stereocenters. The van der Waals surface area contributed by atoms with Gasteiger partial charge >= 0.3 is 0 Å². The number of carbonyl (C=O) groups excluding carboxylic acids is 2. The molecular weight excluding hydrogens is 234 g/mol. The van der Waals surface area contributed by atoms with E-state index in [4.69, 9.17) is 9.47 Å². The molecule has 2 atom stereocenters. The van der Waals surface area contributed by atoms with Crippen LogP contribution in [0.5, 0.6) is 0 Å². The van der Waals surface area contributed by atoms with Crippen LogP contribution in [0.2, 0.25) is 0 Å². The smallest absolute Gasteiger partial charge is 0.253 e. The summed E-state index contributed by atoms with van der Waals surface area (Å²) in [4.78, 5) is 23.9. The number of epoxide rings is 1. The number of imide groups is 1. The first-order chi connectivity index (χ1) is 8.66. The van der Waals surface area contributed by atoms with Crippen LogP contribution >= 0.6 is 0 Å². The standard InChI is InChI=1S/C13H19NO4/c1-10(5-7-17-8-11-9-18-11)4-6-14-12(15)2-3-13(14)16/h2-3,10-11H,4-9H2,1H3. The summed E-state index contributed by atoms with van der Waals surface area (Å²) in [5.41, 5.74) is 0. The fourth-order valence-corrected chi connectivity index (χ4v) is 1.81. The normalized spacial score (nSPS) is 23.8. The first kappa shape index (κ1) is 13.2. The van der Waals surface area contributed by atoms with E-state index < -0.39 is 0 Å². The molecule has 0 aromatic rings. The molecule has 5 nitrogen and oxygen atoms in total. The summed E-state index contributed by atoms with van der Waals surface area (Å²) in [7, 11) is 0. The van der Waals surface area contributed by atoms with E-state index in [1.54, 1.807) is 0 Å². The minimum atomic E-state index is -0.200. The molecule has 2 aliphatic heterocycles. The largest absolute Gasteiger partial charge is 0.379 e. The Morgan fingerprint density at radius 3 is 2.67 bits per heavy atom. The van der Waals surface area contributed by atoms with Gasteiger partial charge in [-0.05, 0) is 18.8 Å². The lowest BCUT2D eigenvalue weighted by Crippen LogP contribution is -2.31. The summed E-state index contributed by atoms with van der Waals surface area (Å²) in [6.45, 7) is 4.82.